The predicted molar refractivity (Wildman–Crippen MR) is 84.4 cm³/mol. The Morgan fingerprint density at radius 3 is 2.61 bits per heavy atom. The van der Waals surface area contributed by atoms with E-state index in [4.69, 9.17) is 17.3 Å². The van der Waals surface area contributed by atoms with E-state index >= 15 is 0 Å². The number of alkyl halides is 3. The molecule has 0 bridgehead atoms. The van der Waals surface area contributed by atoms with Gasteiger partial charge < -0.3 is 10.5 Å². The lowest BCUT2D eigenvalue weighted by atomic mass is 10.0. The number of hydrogen-bond acceptors (Lipinski definition) is 3. The van der Waals surface area contributed by atoms with Crippen molar-refractivity contribution >= 4 is 29.3 Å². The molecule has 1 unspecified atom stereocenters. The van der Waals surface area contributed by atoms with E-state index in [2.05, 4.69) is 4.74 Å². The monoisotopic (exact) mass is 367 g/mol. The van der Waals surface area contributed by atoms with Crippen molar-refractivity contribution in [3.63, 3.8) is 0 Å². The predicted octanol–water partition coefficient (Wildman–Crippen LogP) is 4.52. The molecule has 2 rings (SSSR count). The summed E-state index contributed by atoms with van der Waals surface area (Å²) in [6.07, 6.45) is -0.707. The molecule has 1 saturated carbocycles. The molecule has 23 heavy (non-hydrogen) atoms. The smallest absolute Gasteiger partial charge is 0.404 e. The molecule has 8 heteroatoms. The first-order valence-corrected chi connectivity index (χ1v) is 8.64. The van der Waals surface area contributed by atoms with Crippen molar-refractivity contribution in [3.8, 4) is 5.75 Å². The van der Waals surface area contributed by atoms with Crippen molar-refractivity contribution in [2.75, 3.05) is 0 Å². The van der Waals surface area contributed by atoms with Gasteiger partial charge in [0.05, 0.1) is 10.3 Å². The van der Waals surface area contributed by atoms with Crippen LogP contribution in [0.3, 0.4) is 0 Å². The summed E-state index contributed by atoms with van der Waals surface area (Å²) in [5.74, 6) is -0.192. The Morgan fingerprint density at radius 1 is 1.39 bits per heavy atom. The van der Waals surface area contributed by atoms with Crippen LogP contribution in [-0.4, -0.2) is 17.5 Å². The molecule has 128 valence electrons. The second-order valence-electron chi connectivity index (χ2n) is 5.49. The number of carbonyl (C=O) groups excluding carboxylic acids is 1. The van der Waals surface area contributed by atoms with Crippen molar-refractivity contribution < 1.29 is 22.7 Å². The van der Waals surface area contributed by atoms with Crippen molar-refractivity contribution in [1.82, 2.24) is 0 Å². The first kappa shape index (κ1) is 18.3. The van der Waals surface area contributed by atoms with Gasteiger partial charge in [-0.05, 0) is 36.5 Å². The second kappa shape index (κ2) is 7.66. The largest absolute Gasteiger partial charge is 0.573 e. The molecule has 0 spiro atoms. The Kier molecular flexibility index (Phi) is 6.08. The molecule has 1 aliphatic carbocycles. The van der Waals surface area contributed by atoms with Gasteiger partial charge >= 0.3 is 6.36 Å². The van der Waals surface area contributed by atoms with Gasteiger partial charge in [-0.3, -0.25) is 4.79 Å². The molecular formula is C15H17ClF3NO2S. The Morgan fingerprint density at radius 2 is 2.04 bits per heavy atom. The zero-order chi connectivity index (χ0) is 17.0. The molecule has 1 amide bonds. The van der Waals surface area contributed by atoms with E-state index in [1.165, 1.54) is 23.9 Å². The summed E-state index contributed by atoms with van der Waals surface area (Å²) in [7, 11) is 0. The van der Waals surface area contributed by atoms with E-state index in [0.29, 0.717) is 11.3 Å². The van der Waals surface area contributed by atoms with Crippen molar-refractivity contribution in [3.05, 3.63) is 28.8 Å². The van der Waals surface area contributed by atoms with Crippen LogP contribution in [0.5, 0.6) is 5.75 Å². The van der Waals surface area contributed by atoms with Gasteiger partial charge in [-0.15, -0.1) is 24.9 Å². The molecule has 0 aliphatic heterocycles. The molecule has 0 heterocycles. The lowest BCUT2D eigenvalue weighted by Crippen LogP contribution is -2.31. The van der Waals surface area contributed by atoms with E-state index < -0.39 is 12.1 Å². The minimum absolute atomic E-state index is 0.113. The topological polar surface area (TPSA) is 52.3 Å². The lowest BCUT2D eigenvalue weighted by Gasteiger charge is -2.20. The third-order valence-electron chi connectivity index (χ3n) is 3.76. The molecule has 1 fully saturated rings. The number of halogens is 4. The fourth-order valence-electron chi connectivity index (χ4n) is 2.74. The zero-order valence-corrected chi connectivity index (χ0v) is 13.8. The fraction of sp³-hybridized carbons (Fsp3) is 0.533. The molecule has 1 aromatic rings. The van der Waals surface area contributed by atoms with Gasteiger partial charge in [0.2, 0.25) is 5.91 Å². The third-order valence-corrected chi connectivity index (χ3v) is 5.55. The van der Waals surface area contributed by atoms with Crippen LogP contribution in [0.25, 0.3) is 0 Å². The SMILES string of the molecule is NC(=O)C(SCc1ccc(Cl)c(OC(F)(F)F)c1)C1CCCC1. The number of nitrogens with two attached hydrogens (primary N) is 1. The third kappa shape index (κ3) is 5.49. The summed E-state index contributed by atoms with van der Waals surface area (Å²) in [6.45, 7) is 0. The van der Waals surface area contributed by atoms with Crippen LogP contribution in [0.4, 0.5) is 13.2 Å². The first-order chi connectivity index (χ1) is 10.8. The van der Waals surface area contributed by atoms with E-state index in [0.717, 1.165) is 25.7 Å². The summed E-state index contributed by atoms with van der Waals surface area (Å²) >= 11 is 7.07. The number of carbonyl (C=O) groups is 1. The lowest BCUT2D eigenvalue weighted by molar-refractivity contribution is -0.274. The van der Waals surface area contributed by atoms with E-state index in [1.807, 2.05) is 0 Å². The normalized spacial score (nSPS) is 17.2. The summed E-state index contributed by atoms with van der Waals surface area (Å²) in [5.41, 5.74) is 6.06. The van der Waals surface area contributed by atoms with Gasteiger partial charge in [-0.1, -0.05) is 30.5 Å². The van der Waals surface area contributed by atoms with Crippen LogP contribution in [0.2, 0.25) is 5.02 Å². The number of primary amides is 1. The summed E-state index contributed by atoms with van der Waals surface area (Å²) < 4.78 is 40.9. The highest BCUT2D eigenvalue weighted by Gasteiger charge is 2.32. The molecule has 3 nitrogen and oxygen atoms in total. The maximum atomic E-state index is 12.3. The number of thioether (sulfide) groups is 1. The molecule has 2 N–H and O–H groups in total. The highest BCUT2D eigenvalue weighted by Crippen LogP contribution is 2.36. The van der Waals surface area contributed by atoms with Crippen LogP contribution < -0.4 is 10.5 Å². The first-order valence-electron chi connectivity index (χ1n) is 7.21. The molecule has 1 aromatic carbocycles. The highest BCUT2D eigenvalue weighted by molar-refractivity contribution is 7.99. The highest BCUT2D eigenvalue weighted by atomic mass is 35.5. The van der Waals surface area contributed by atoms with Gasteiger partial charge in [0.1, 0.15) is 5.75 Å². The van der Waals surface area contributed by atoms with Crippen molar-refractivity contribution in [2.45, 2.75) is 43.0 Å². The standard InChI is InChI=1S/C15H17ClF3NO2S/c16-11-6-5-9(7-12(11)22-15(17,18)19)8-23-13(14(20)21)10-3-1-2-4-10/h5-7,10,13H,1-4,8H2,(H2,20,21). The van der Waals surface area contributed by atoms with Gasteiger partial charge in [0.15, 0.2) is 0 Å². The maximum absolute atomic E-state index is 12.3. The zero-order valence-electron chi connectivity index (χ0n) is 12.2. The van der Waals surface area contributed by atoms with E-state index in [1.54, 1.807) is 6.07 Å². The Labute approximate surface area is 141 Å². The quantitative estimate of drug-likeness (QED) is 0.804. The summed E-state index contributed by atoms with van der Waals surface area (Å²) in [4.78, 5) is 11.6. The Hall–Kier alpha value is -1.08. The van der Waals surface area contributed by atoms with Gasteiger partial charge in [-0.2, -0.15) is 0 Å². The number of hydrogen-bond donors (Lipinski definition) is 1. The minimum atomic E-state index is -4.80. The number of ether oxygens (including phenoxy) is 1. The van der Waals surface area contributed by atoms with Gasteiger partial charge in [-0.25, -0.2) is 0 Å². The van der Waals surface area contributed by atoms with Crippen molar-refractivity contribution in [2.24, 2.45) is 11.7 Å². The molecule has 0 aromatic heterocycles. The summed E-state index contributed by atoms with van der Waals surface area (Å²) in [6, 6.07) is 4.22. The molecular weight excluding hydrogens is 351 g/mol. The number of rotatable bonds is 6. The van der Waals surface area contributed by atoms with Crippen molar-refractivity contribution in [1.29, 1.82) is 0 Å². The second-order valence-corrected chi connectivity index (χ2v) is 7.03. The number of amides is 1. The Balaban J connectivity index is 2.04. The van der Waals surface area contributed by atoms with E-state index in [9.17, 15) is 18.0 Å². The average molecular weight is 368 g/mol. The summed E-state index contributed by atoms with van der Waals surface area (Å²) in [5, 5.41) is -0.432. The van der Waals surface area contributed by atoms with E-state index in [-0.39, 0.29) is 22.1 Å². The van der Waals surface area contributed by atoms with Gasteiger partial charge in [0.25, 0.3) is 0 Å². The van der Waals surface area contributed by atoms with Crippen LogP contribution in [0.15, 0.2) is 18.2 Å². The van der Waals surface area contributed by atoms with Gasteiger partial charge in [0, 0.05) is 5.75 Å². The fourth-order valence-corrected chi connectivity index (χ4v) is 4.15. The molecule has 0 saturated heterocycles. The van der Waals surface area contributed by atoms with Crippen LogP contribution >= 0.6 is 23.4 Å². The van der Waals surface area contributed by atoms with Crippen LogP contribution in [-0.2, 0) is 10.5 Å². The Bertz CT molecular complexity index is 562. The average Bonchev–Trinajstić information content (AvgIpc) is 2.94. The molecule has 1 aliphatic rings. The minimum Gasteiger partial charge on any atom is -0.404 e. The molecule has 1 atom stereocenters. The molecule has 0 radical (unpaired) electrons. The van der Waals surface area contributed by atoms with Crippen LogP contribution in [0.1, 0.15) is 31.2 Å². The number of benzene rings is 1. The van der Waals surface area contributed by atoms with Crippen LogP contribution in [0, 0.1) is 5.92 Å². The maximum Gasteiger partial charge on any atom is 0.573 e.